The Hall–Kier alpha value is -2.93. The molecular formula is C33H50N4O3. The topological polar surface area (TPSA) is 90.5 Å². The monoisotopic (exact) mass is 550 g/mol. The lowest BCUT2D eigenvalue weighted by Crippen LogP contribution is -2.55. The van der Waals surface area contributed by atoms with Gasteiger partial charge in [-0.25, -0.2) is 0 Å². The van der Waals surface area contributed by atoms with Crippen LogP contribution in [0, 0.1) is 23.7 Å². The minimum absolute atomic E-state index is 0.0482. The van der Waals surface area contributed by atoms with Crippen molar-refractivity contribution in [2.75, 3.05) is 26.2 Å². The summed E-state index contributed by atoms with van der Waals surface area (Å²) in [6, 6.07) is 13.0. The molecule has 7 nitrogen and oxygen atoms in total. The molecular weight excluding hydrogens is 500 g/mol. The van der Waals surface area contributed by atoms with E-state index in [1.54, 1.807) is 4.90 Å². The molecule has 0 aromatic heterocycles. The summed E-state index contributed by atoms with van der Waals surface area (Å²) in [7, 11) is 0. The van der Waals surface area contributed by atoms with Gasteiger partial charge in [-0.3, -0.25) is 14.4 Å². The predicted octanol–water partition coefficient (Wildman–Crippen LogP) is 4.54. The highest BCUT2D eigenvalue weighted by Gasteiger charge is 2.39. The van der Waals surface area contributed by atoms with Crippen LogP contribution in [-0.4, -0.2) is 60.9 Å². The van der Waals surface area contributed by atoms with Crippen molar-refractivity contribution < 1.29 is 14.4 Å². The van der Waals surface area contributed by atoms with Crippen molar-refractivity contribution in [2.24, 2.45) is 23.7 Å². The largest absolute Gasteiger partial charge is 0.354 e. The summed E-state index contributed by atoms with van der Waals surface area (Å²) in [5, 5.41) is 11.7. The van der Waals surface area contributed by atoms with Gasteiger partial charge in [-0.2, -0.15) is 0 Å². The van der Waals surface area contributed by atoms with Crippen molar-refractivity contribution >= 4 is 28.5 Å². The highest BCUT2D eigenvalue weighted by atomic mass is 16.2. The van der Waals surface area contributed by atoms with Gasteiger partial charge in [-0.1, -0.05) is 84.0 Å². The quantitative estimate of drug-likeness (QED) is 0.301. The van der Waals surface area contributed by atoms with E-state index in [9.17, 15) is 14.4 Å². The first-order valence-electron chi connectivity index (χ1n) is 15.2. The van der Waals surface area contributed by atoms with Gasteiger partial charge in [0.15, 0.2) is 0 Å². The summed E-state index contributed by atoms with van der Waals surface area (Å²) in [6.45, 7) is 15.5. The van der Waals surface area contributed by atoms with E-state index in [2.05, 4.69) is 81.8 Å². The zero-order valence-electron chi connectivity index (χ0n) is 25.3. The van der Waals surface area contributed by atoms with Crippen molar-refractivity contribution in [3.05, 3.63) is 48.0 Å². The number of nitrogens with zero attached hydrogens (tertiary/aromatic N) is 1. The number of amides is 3. The molecule has 2 atom stereocenters. The number of hydrogen-bond acceptors (Lipinski definition) is 4. The smallest absolute Gasteiger partial charge is 0.243 e. The van der Waals surface area contributed by atoms with E-state index in [0.29, 0.717) is 31.8 Å². The van der Waals surface area contributed by atoms with Crippen LogP contribution in [0.2, 0.25) is 0 Å². The standard InChI is InChI=1S/C33H50N4O3/c1-22(2)21-34-16-10-17-35-31(38)28(20-25-14-15-26-11-7-8-12-27(26)19-25)36-32(39)29-13-9-18-37(29)33(40)30(23(3)4)24(5)6/h7-8,11-12,14-15,19,22-24,28-30,34H,9-10,13,16-18,20-21H2,1-6H3,(H,35,38)(H,36,39). The van der Waals surface area contributed by atoms with Crippen molar-refractivity contribution in [1.82, 2.24) is 20.9 Å². The minimum Gasteiger partial charge on any atom is -0.354 e. The molecule has 0 aliphatic carbocycles. The van der Waals surface area contributed by atoms with Crippen molar-refractivity contribution in [1.29, 1.82) is 0 Å². The number of fused-ring (bicyclic) bond motifs is 1. The van der Waals surface area contributed by atoms with E-state index in [-0.39, 0.29) is 35.5 Å². The first-order chi connectivity index (χ1) is 19.1. The van der Waals surface area contributed by atoms with Gasteiger partial charge < -0.3 is 20.9 Å². The summed E-state index contributed by atoms with van der Waals surface area (Å²) < 4.78 is 0. The normalized spacial score (nSPS) is 16.4. The Morgan fingerprint density at radius 2 is 1.62 bits per heavy atom. The fourth-order valence-corrected chi connectivity index (χ4v) is 5.85. The predicted molar refractivity (Wildman–Crippen MR) is 163 cm³/mol. The second-order valence-electron chi connectivity index (χ2n) is 12.4. The molecule has 0 saturated carbocycles. The summed E-state index contributed by atoms with van der Waals surface area (Å²) in [5.74, 6) is 0.452. The average Bonchev–Trinajstić information content (AvgIpc) is 3.40. The third-order valence-electron chi connectivity index (χ3n) is 7.83. The Balaban J connectivity index is 1.72. The number of benzene rings is 2. The maximum Gasteiger partial charge on any atom is 0.243 e. The molecule has 2 aromatic carbocycles. The van der Waals surface area contributed by atoms with Gasteiger partial charge in [0.2, 0.25) is 17.7 Å². The van der Waals surface area contributed by atoms with Crippen LogP contribution in [0.15, 0.2) is 42.5 Å². The van der Waals surface area contributed by atoms with E-state index in [4.69, 9.17) is 0 Å². The first kappa shape index (κ1) is 31.6. The molecule has 220 valence electrons. The van der Waals surface area contributed by atoms with Crippen LogP contribution in [0.4, 0.5) is 0 Å². The van der Waals surface area contributed by atoms with Gasteiger partial charge in [0.25, 0.3) is 0 Å². The second kappa shape index (κ2) is 15.2. The van der Waals surface area contributed by atoms with Crippen LogP contribution in [0.25, 0.3) is 10.8 Å². The Kier molecular flexibility index (Phi) is 12.0. The zero-order valence-corrected chi connectivity index (χ0v) is 25.3. The van der Waals surface area contributed by atoms with E-state index >= 15 is 0 Å². The Morgan fingerprint density at radius 3 is 2.30 bits per heavy atom. The fraction of sp³-hybridized carbons (Fsp3) is 0.606. The lowest BCUT2D eigenvalue weighted by molar-refractivity contribution is -0.144. The molecule has 0 bridgehead atoms. The molecule has 40 heavy (non-hydrogen) atoms. The Bertz CT molecular complexity index is 1120. The second-order valence-corrected chi connectivity index (χ2v) is 12.4. The van der Waals surface area contributed by atoms with Crippen LogP contribution < -0.4 is 16.0 Å². The Labute approximate surface area is 240 Å². The molecule has 3 rings (SSSR count). The Morgan fingerprint density at radius 1 is 0.925 bits per heavy atom. The number of nitrogens with one attached hydrogen (secondary N) is 3. The van der Waals surface area contributed by atoms with Gasteiger partial charge in [-0.05, 0) is 66.4 Å². The molecule has 0 radical (unpaired) electrons. The molecule has 1 heterocycles. The molecule has 2 unspecified atom stereocenters. The molecule has 0 spiro atoms. The number of carbonyl (C=O) groups excluding carboxylic acids is 3. The first-order valence-corrected chi connectivity index (χ1v) is 15.2. The lowest BCUT2D eigenvalue weighted by Gasteiger charge is -2.32. The minimum atomic E-state index is -0.721. The molecule has 3 N–H and O–H groups in total. The summed E-state index contributed by atoms with van der Waals surface area (Å²) in [4.78, 5) is 42.3. The maximum atomic E-state index is 13.6. The molecule has 7 heteroatoms. The van der Waals surface area contributed by atoms with Crippen molar-refractivity contribution in [3.8, 4) is 0 Å². The molecule has 1 aliphatic heterocycles. The van der Waals surface area contributed by atoms with Crippen LogP contribution in [-0.2, 0) is 20.8 Å². The van der Waals surface area contributed by atoms with Gasteiger partial charge >= 0.3 is 0 Å². The van der Waals surface area contributed by atoms with E-state index in [1.165, 1.54) is 0 Å². The SMILES string of the molecule is CC(C)CNCCCNC(=O)C(Cc1ccc2ccccc2c1)NC(=O)C1CCCN1C(=O)C(C(C)C)C(C)C. The fourth-order valence-electron chi connectivity index (χ4n) is 5.85. The summed E-state index contributed by atoms with van der Waals surface area (Å²) in [5.41, 5.74) is 0.983. The van der Waals surface area contributed by atoms with Gasteiger partial charge in [0, 0.05) is 25.4 Å². The third kappa shape index (κ3) is 8.79. The van der Waals surface area contributed by atoms with Crippen molar-refractivity contribution in [2.45, 2.75) is 79.3 Å². The molecule has 1 fully saturated rings. The van der Waals surface area contributed by atoms with Crippen LogP contribution in [0.1, 0.15) is 66.4 Å². The van der Waals surface area contributed by atoms with E-state index < -0.39 is 12.1 Å². The lowest BCUT2D eigenvalue weighted by atomic mass is 9.84. The van der Waals surface area contributed by atoms with Gasteiger partial charge in [0.1, 0.15) is 12.1 Å². The highest BCUT2D eigenvalue weighted by molar-refractivity contribution is 5.93. The third-order valence-corrected chi connectivity index (χ3v) is 7.83. The number of rotatable bonds is 14. The maximum absolute atomic E-state index is 13.6. The molecule has 2 aromatic rings. The molecule has 3 amide bonds. The summed E-state index contributed by atoms with van der Waals surface area (Å²) in [6.07, 6.45) is 2.60. The van der Waals surface area contributed by atoms with Gasteiger partial charge in [0.05, 0.1) is 0 Å². The van der Waals surface area contributed by atoms with Gasteiger partial charge in [-0.15, -0.1) is 0 Å². The molecule has 1 saturated heterocycles. The van der Waals surface area contributed by atoms with E-state index in [0.717, 1.165) is 42.3 Å². The molecule has 1 aliphatic rings. The zero-order chi connectivity index (χ0) is 29.2. The summed E-state index contributed by atoms with van der Waals surface area (Å²) >= 11 is 0. The van der Waals surface area contributed by atoms with Crippen LogP contribution in [0.5, 0.6) is 0 Å². The van der Waals surface area contributed by atoms with Crippen molar-refractivity contribution in [3.63, 3.8) is 0 Å². The van der Waals surface area contributed by atoms with Crippen LogP contribution in [0.3, 0.4) is 0 Å². The number of likely N-dealkylation sites (tertiary alicyclic amines) is 1. The highest BCUT2D eigenvalue weighted by Crippen LogP contribution is 2.28. The van der Waals surface area contributed by atoms with Crippen LogP contribution >= 0.6 is 0 Å². The average molecular weight is 551 g/mol. The van der Waals surface area contributed by atoms with E-state index in [1.807, 2.05) is 18.2 Å². The number of hydrogen-bond donors (Lipinski definition) is 3. The number of carbonyl (C=O) groups is 3.